The average molecular weight is 473 g/mol. The van der Waals surface area contributed by atoms with Crippen LogP contribution in [0.4, 0.5) is 0 Å². The Labute approximate surface area is 183 Å². The van der Waals surface area contributed by atoms with Gasteiger partial charge in [0.2, 0.25) is 10.0 Å². The number of sulfone groups is 1. The fourth-order valence-corrected chi connectivity index (χ4v) is 3.98. The Morgan fingerprint density at radius 1 is 0.968 bits per heavy atom. The maximum Gasteiger partial charge on any atom is 0.335 e. The summed E-state index contributed by atoms with van der Waals surface area (Å²) in [5, 5.41) is 17.4. The van der Waals surface area contributed by atoms with E-state index in [2.05, 4.69) is 19.2 Å². The third kappa shape index (κ3) is 7.94. The molecule has 9 nitrogen and oxygen atoms in total. The van der Waals surface area contributed by atoms with Crippen LogP contribution in [0.25, 0.3) is 0 Å². The van der Waals surface area contributed by atoms with E-state index in [0.717, 1.165) is 37.5 Å². The van der Waals surface area contributed by atoms with Gasteiger partial charge in [0.1, 0.15) is 21.3 Å². The molecule has 0 unspecified atom stereocenters. The minimum atomic E-state index is -4.12. The highest BCUT2D eigenvalue weighted by atomic mass is 32.2. The third-order valence-corrected chi connectivity index (χ3v) is 6.08. The molecule has 2 aromatic carbocycles. The number of carbonyl (C=O) groups is 1. The van der Waals surface area contributed by atoms with Crippen molar-refractivity contribution < 1.29 is 31.5 Å². The van der Waals surface area contributed by atoms with E-state index in [1.54, 1.807) is 6.07 Å². The number of primary sulfonamides is 1. The van der Waals surface area contributed by atoms with Gasteiger partial charge in [-0.1, -0.05) is 26.8 Å². The number of carboxylic acid groups (broad SMARTS) is 1. The number of sulfonamides is 1. The lowest BCUT2D eigenvalue weighted by Crippen LogP contribution is -2.14. The molecule has 0 spiro atoms. The van der Waals surface area contributed by atoms with Gasteiger partial charge in [-0.3, -0.25) is 0 Å². The van der Waals surface area contributed by atoms with Gasteiger partial charge in [0.15, 0.2) is 9.84 Å². The molecular formula is C20H28N2O7S2. The first-order valence-electron chi connectivity index (χ1n) is 9.46. The molecule has 0 saturated carbocycles. The summed E-state index contributed by atoms with van der Waals surface area (Å²) in [7, 11) is -7.96. The molecule has 0 fully saturated rings. The molecule has 0 aliphatic heterocycles. The maximum atomic E-state index is 12.0. The second kappa shape index (κ2) is 11.2. The monoisotopic (exact) mass is 472 g/mol. The highest BCUT2D eigenvalue weighted by Gasteiger charge is 2.22. The average Bonchev–Trinajstić information content (AvgIpc) is 2.68. The molecule has 0 aliphatic rings. The van der Waals surface area contributed by atoms with Gasteiger partial charge in [-0.25, -0.2) is 26.8 Å². The van der Waals surface area contributed by atoms with Gasteiger partial charge in [-0.2, -0.15) is 0 Å². The van der Waals surface area contributed by atoms with Crippen LogP contribution in [0.15, 0.2) is 46.2 Å². The number of benzene rings is 2. The molecule has 0 aliphatic carbocycles. The van der Waals surface area contributed by atoms with Crippen LogP contribution in [-0.4, -0.2) is 47.3 Å². The van der Waals surface area contributed by atoms with Crippen LogP contribution >= 0.6 is 0 Å². The van der Waals surface area contributed by atoms with Crippen LogP contribution in [0.5, 0.6) is 11.5 Å². The largest absolute Gasteiger partial charge is 0.478 e. The molecule has 0 bridgehead atoms. The number of hydrogen-bond acceptors (Lipinski definition) is 7. The summed E-state index contributed by atoms with van der Waals surface area (Å²) in [6.45, 7) is 8.22. The zero-order valence-electron chi connectivity index (χ0n) is 17.9. The van der Waals surface area contributed by atoms with Crippen LogP contribution in [0.2, 0.25) is 0 Å². The first-order valence-corrected chi connectivity index (χ1v) is 12.9. The molecule has 0 saturated heterocycles. The Bertz CT molecular complexity index is 1130. The van der Waals surface area contributed by atoms with Gasteiger partial charge >= 0.3 is 5.97 Å². The van der Waals surface area contributed by atoms with E-state index in [0.29, 0.717) is 12.0 Å². The molecule has 11 heteroatoms. The van der Waals surface area contributed by atoms with Gasteiger partial charge in [0.05, 0.1) is 5.56 Å². The van der Waals surface area contributed by atoms with E-state index >= 15 is 0 Å². The number of aromatic carboxylic acids is 1. The number of aryl methyl sites for hydroxylation is 1. The standard InChI is InChI=1S/C16H17NO7S2.C4H11N/c1-3-10-4-6-13(15(8-10)26(17,22)23)24-12-7-5-11(16(18)19)9-14(12)25(2,20)21;1-3-5-4-2/h4-9H,3H2,1-2H3,(H,18,19)(H2,17,22,23);5H,3-4H2,1-2H3. The normalized spacial score (nSPS) is 11.4. The smallest absolute Gasteiger partial charge is 0.335 e. The molecule has 0 heterocycles. The summed E-state index contributed by atoms with van der Waals surface area (Å²) in [4.78, 5) is 10.4. The van der Waals surface area contributed by atoms with Crippen molar-refractivity contribution in [1.29, 1.82) is 0 Å². The predicted octanol–water partition coefficient (Wildman–Crippen LogP) is 2.41. The quantitative estimate of drug-likeness (QED) is 0.529. The zero-order valence-corrected chi connectivity index (χ0v) is 19.5. The summed E-state index contributed by atoms with van der Waals surface area (Å²) < 4.78 is 53.1. The fourth-order valence-electron chi connectivity index (χ4n) is 2.46. The molecule has 0 amide bonds. The fraction of sp³-hybridized carbons (Fsp3) is 0.350. The van der Waals surface area contributed by atoms with Gasteiger partial charge in [0, 0.05) is 6.26 Å². The second-order valence-electron chi connectivity index (χ2n) is 6.48. The van der Waals surface area contributed by atoms with Crippen molar-refractivity contribution in [2.24, 2.45) is 5.14 Å². The summed E-state index contributed by atoms with van der Waals surface area (Å²) in [5.41, 5.74) is 0.455. The van der Waals surface area contributed by atoms with E-state index in [-0.39, 0.29) is 26.9 Å². The first-order chi connectivity index (χ1) is 14.3. The molecule has 0 aromatic heterocycles. The summed E-state index contributed by atoms with van der Waals surface area (Å²) in [6.07, 6.45) is 1.45. The summed E-state index contributed by atoms with van der Waals surface area (Å²) in [5.74, 6) is -1.66. The van der Waals surface area contributed by atoms with E-state index < -0.39 is 25.8 Å². The van der Waals surface area contributed by atoms with Crippen molar-refractivity contribution in [2.75, 3.05) is 19.3 Å². The lowest BCUT2D eigenvalue weighted by atomic mass is 10.1. The number of rotatable bonds is 8. The van der Waals surface area contributed by atoms with Gasteiger partial charge in [-0.05, 0) is 55.4 Å². The van der Waals surface area contributed by atoms with E-state index in [4.69, 9.17) is 15.0 Å². The zero-order chi connectivity index (χ0) is 23.8. The van der Waals surface area contributed by atoms with Gasteiger partial charge < -0.3 is 15.2 Å². The van der Waals surface area contributed by atoms with Crippen molar-refractivity contribution >= 4 is 25.8 Å². The van der Waals surface area contributed by atoms with Crippen molar-refractivity contribution in [3.63, 3.8) is 0 Å². The number of nitrogens with two attached hydrogens (primary N) is 1. The van der Waals surface area contributed by atoms with Gasteiger partial charge in [-0.15, -0.1) is 0 Å². The van der Waals surface area contributed by atoms with Crippen molar-refractivity contribution in [3.05, 3.63) is 47.5 Å². The maximum absolute atomic E-state index is 12.0. The Hall–Kier alpha value is -2.47. The third-order valence-electron chi connectivity index (χ3n) is 4.03. The Morgan fingerprint density at radius 3 is 1.94 bits per heavy atom. The molecule has 0 radical (unpaired) electrons. The topological polar surface area (TPSA) is 153 Å². The first kappa shape index (κ1) is 26.6. The van der Waals surface area contributed by atoms with Crippen molar-refractivity contribution in [2.45, 2.75) is 37.0 Å². The molecule has 2 rings (SSSR count). The predicted molar refractivity (Wildman–Crippen MR) is 118 cm³/mol. The number of carboxylic acids is 1. The molecule has 31 heavy (non-hydrogen) atoms. The molecule has 172 valence electrons. The Kier molecular flexibility index (Phi) is 9.63. The molecule has 2 aromatic rings. The number of nitrogens with one attached hydrogen (secondary N) is 1. The lowest BCUT2D eigenvalue weighted by molar-refractivity contribution is 0.0696. The number of hydrogen-bond donors (Lipinski definition) is 3. The molecule has 4 N–H and O–H groups in total. The lowest BCUT2D eigenvalue weighted by Gasteiger charge is -2.14. The van der Waals surface area contributed by atoms with Crippen LogP contribution in [0.1, 0.15) is 36.7 Å². The highest BCUT2D eigenvalue weighted by molar-refractivity contribution is 7.90. The summed E-state index contributed by atoms with van der Waals surface area (Å²) in [6, 6.07) is 7.59. The van der Waals surface area contributed by atoms with Crippen LogP contribution in [0, 0.1) is 0 Å². The second-order valence-corrected chi connectivity index (χ2v) is 9.99. The molecule has 0 atom stereocenters. The minimum Gasteiger partial charge on any atom is -0.478 e. The van der Waals surface area contributed by atoms with E-state index in [1.165, 1.54) is 12.1 Å². The van der Waals surface area contributed by atoms with Gasteiger partial charge in [0.25, 0.3) is 0 Å². The Balaban J connectivity index is 0.000000861. The van der Waals surface area contributed by atoms with E-state index in [9.17, 15) is 21.6 Å². The SMILES string of the molecule is CCNCC.CCc1ccc(Oc2ccc(C(=O)O)cc2S(C)(=O)=O)c(S(N)(=O)=O)c1. The van der Waals surface area contributed by atoms with Crippen LogP contribution < -0.4 is 15.2 Å². The van der Waals surface area contributed by atoms with Crippen molar-refractivity contribution in [3.8, 4) is 11.5 Å². The number of ether oxygens (including phenoxy) is 1. The van der Waals surface area contributed by atoms with E-state index in [1.807, 2.05) is 6.92 Å². The van der Waals surface area contributed by atoms with Crippen LogP contribution in [0.3, 0.4) is 0 Å². The van der Waals surface area contributed by atoms with Crippen molar-refractivity contribution in [1.82, 2.24) is 5.32 Å². The highest BCUT2D eigenvalue weighted by Crippen LogP contribution is 2.33. The summed E-state index contributed by atoms with van der Waals surface area (Å²) >= 11 is 0. The minimum absolute atomic E-state index is 0.155. The Morgan fingerprint density at radius 2 is 1.52 bits per heavy atom. The molecular weight excluding hydrogens is 444 g/mol. The van der Waals surface area contributed by atoms with Crippen LogP contribution in [-0.2, 0) is 26.3 Å².